The van der Waals surface area contributed by atoms with Crippen LogP contribution in [0.3, 0.4) is 0 Å². The van der Waals surface area contributed by atoms with Crippen molar-refractivity contribution < 1.29 is 24.2 Å². The largest absolute Gasteiger partial charge is 0.478 e. The van der Waals surface area contributed by atoms with E-state index < -0.39 is 17.8 Å². The van der Waals surface area contributed by atoms with Crippen LogP contribution in [0.15, 0.2) is 21.2 Å². The third-order valence-corrected chi connectivity index (χ3v) is 2.52. The number of methoxy groups -OCH3 is 1. The molecular weight excluding hydrogens is 262 g/mol. The van der Waals surface area contributed by atoms with E-state index in [1.165, 1.54) is 13.3 Å². The van der Waals surface area contributed by atoms with Gasteiger partial charge in [0.1, 0.15) is 0 Å². The van der Waals surface area contributed by atoms with Crippen molar-refractivity contribution in [1.29, 1.82) is 0 Å². The fraction of sp³-hybridized carbons (Fsp3) is 0.222. The van der Waals surface area contributed by atoms with Gasteiger partial charge in [-0.05, 0) is 11.8 Å². The number of carbonyl (C=O) groups is 3. The minimum atomic E-state index is -1.22. The number of aliphatic carboxylic acids is 1. The first-order valence-electron chi connectivity index (χ1n) is 4.63. The average Bonchev–Trinajstić information content (AvgIpc) is 2.64. The first kappa shape index (κ1) is 13.9. The van der Waals surface area contributed by atoms with Crippen LogP contribution in [0, 0.1) is 0 Å². The van der Waals surface area contributed by atoms with Crippen LogP contribution in [-0.4, -0.2) is 41.4 Å². The summed E-state index contributed by atoms with van der Waals surface area (Å²) in [5, 5.41) is 18.1. The van der Waals surface area contributed by atoms with Gasteiger partial charge in [-0.15, -0.1) is 5.10 Å². The highest BCUT2D eigenvalue weighted by molar-refractivity contribution is 8.18. The van der Waals surface area contributed by atoms with Gasteiger partial charge < -0.3 is 9.84 Å². The van der Waals surface area contributed by atoms with E-state index >= 15 is 0 Å². The molecule has 0 spiro atoms. The van der Waals surface area contributed by atoms with Crippen LogP contribution in [0.5, 0.6) is 0 Å². The maximum atomic E-state index is 11.2. The summed E-state index contributed by atoms with van der Waals surface area (Å²) in [5.41, 5.74) is 0. The second kappa shape index (κ2) is 6.55. The molecule has 18 heavy (non-hydrogen) atoms. The molecule has 0 unspecified atom stereocenters. The normalized spacial score (nSPS) is 19.5. The third kappa shape index (κ3) is 4.37. The lowest BCUT2D eigenvalue weighted by Gasteiger charge is -1.90. The van der Waals surface area contributed by atoms with Crippen molar-refractivity contribution in [3.8, 4) is 0 Å². The number of hydrogen-bond acceptors (Lipinski definition) is 7. The molecular formula is C9H9N3O5S. The Morgan fingerprint density at radius 1 is 1.56 bits per heavy atom. The van der Waals surface area contributed by atoms with E-state index in [1.54, 1.807) is 0 Å². The van der Waals surface area contributed by atoms with Crippen LogP contribution in [0.2, 0.25) is 0 Å². The second-order valence-corrected chi connectivity index (χ2v) is 3.92. The molecule has 96 valence electrons. The highest BCUT2D eigenvalue weighted by Gasteiger charge is 2.24. The molecule has 1 aliphatic heterocycles. The van der Waals surface area contributed by atoms with Crippen molar-refractivity contribution in [2.75, 3.05) is 7.11 Å². The first-order valence-corrected chi connectivity index (χ1v) is 5.44. The van der Waals surface area contributed by atoms with Gasteiger partial charge in [-0.3, -0.25) is 14.9 Å². The van der Waals surface area contributed by atoms with Gasteiger partial charge in [0.2, 0.25) is 0 Å². The van der Waals surface area contributed by atoms with E-state index in [9.17, 15) is 14.4 Å². The minimum absolute atomic E-state index is 0.0180. The number of ether oxygens (including phenoxy) is 1. The van der Waals surface area contributed by atoms with Gasteiger partial charge >= 0.3 is 11.9 Å². The summed E-state index contributed by atoms with van der Waals surface area (Å²) in [6, 6.07) is 0. The Balaban J connectivity index is 2.58. The molecule has 1 heterocycles. The smallest absolute Gasteiger partial charge is 0.329 e. The van der Waals surface area contributed by atoms with Crippen molar-refractivity contribution in [3.63, 3.8) is 0 Å². The number of carboxylic acids is 1. The lowest BCUT2D eigenvalue weighted by Crippen LogP contribution is -2.19. The zero-order chi connectivity index (χ0) is 13.5. The Morgan fingerprint density at radius 3 is 2.89 bits per heavy atom. The number of carbonyl (C=O) groups excluding carboxylic acids is 2. The Kier molecular flexibility index (Phi) is 5.06. The molecule has 1 rings (SSSR count). The van der Waals surface area contributed by atoms with E-state index in [1.807, 2.05) is 0 Å². The van der Waals surface area contributed by atoms with E-state index in [0.717, 1.165) is 17.8 Å². The number of rotatable bonds is 4. The molecule has 9 heteroatoms. The quantitative estimate of drug-likeness (QED) is 0.314. The molecule has 8 nitrogen and oxygen atoms in total. The maximum Gasteiger partial charge on any atom is 0.329 e. The van der Waals surface area contributed by atoms with Gasteiger partial charge in [0.25, 0.3) is 5.91 Å². The van der Waals surface area contributed by atoms with E-state index in [-0.39, 0.29) is 16.5 Å². The Bertz CT molecular complexity index is 469. The van der Waals surface area contributed by atoms with Crippen LogP contribution < -0.4 is 5.32 Å². The number of amidine groups is 1. The SMILES string of the molecule is COC(=O)C/C=N/N=C1\NC(=O)/C(=C/C(=O)O)S1. The molecule has 0 radical (unpaired) electrons. The summed E-state index contributed by atoms with van der Waals surface area (Å²) in [6.07, 6.45) is 1.95. The molecule has 2 N–H and O–H groups in total. The van der Waals surface area contributed by atoms with Crippen molar-refractivity contribution >= 4 is 41.0 Å². The molecule has 1 fully saturated rings. The fourth-order valence-corrected chi connectivity index (χ4v) is 1.62. The maximum absolute atomic E-state index is 11.2. The molecule has 1 aliphatic rings. The Morgan fingerprint density at radius 2 is 2.28 bits per heavy atom. The van der Waals surface area contributed by atoms with E-state index in [0.29, 0.717) is 0 Å². The van der Waals surface area contributed by atoms with Crippen LogP contribution in [0.4, 0.5) is 0 Å². The van der Waals surface area contributed by atoms with Crippen molar-refractivity contribution in [2.45, 2.75) is 6.42 Å². The number of nitrogens with one attached hydrogen (secondary N) is 1. The molecule has 0 atom stereocenters. The minimum Gasteiger partial charge on any atom is -0.478 e. The number of amides is 1. The highest BCUT2D eigenvalue weighted by Crippen LogP contribution is 2.23. The molecule has 0 aliphatic carbocycles. The molecule has 0 bridgehead atoms. The molecule has 0 aromatic rings. The van der Waals surface area contributed by atoms with Crippen LogP contribution >= 0.6 is 11.8 Å². The van der Waals surface area contributed by atoms with Crippen LogP contribution in [0.25, 0.3) is 0 Å². The van der Waals surface area contributed by atoms with Crippen LogP contribution in [0.1, 0.15) is 6.42 Å². The molecule has 0 aromatic heterocycles. The van der Waals surface area contributed by atoms with Crippen LogP contribution in [-0.2, 0) is 19.1 Å². The van der Waals surface area contributed by atoms with Crippen molar-refractivity contribution in [1.82, 2.24) is 5.32 Å². The monoisotopic (exact) mass is 271 g/mol. The predicted octanol–water partition coefficient (Wildman–Crippen LogP) is -0.277. The Labute approximate surface area is 106 Å². The zero-order valence-corrected chi connectivity index (χ0v) is 10.1. The summed E-state index contributed by atoms with van der Waals surface area (Å²) in [7, 11) is 1.25. The highest BCUT2D eigenvalue weighted by atomic mass is 32.2. The molecule has 0 aromatic carbocycles. The van der Waals surface area contributed by atoms with Gasteiger partial charge in [0.15, 0.2) is 5.17 Å². The number of carboxylic acid groups (broad SMARTS) is 1. The molecule has 1 amide bonds. The van der Waals surface area contributed by atoms with Crippen molar-refractivity contribution in [3.05, 3.63) is 11.0 Å². The average molecular weight is 271 g/mol. The van der Waals surface area contributed by atoms with E-state index in [2.05, 4.69) is 20.3 Å². The third-order valence-electron chi connectivity index (χ3n) is 1.62. The Hall–Kier alpha value is -2.16. The summed E-state index contributed by atoms with van der Waals surface area (Å²) in [5.74, 6) is -2.24. The number of hydrogen-bond donors (Lipinski definition) is 2. The van der Waals surface area contributed by atoms with Gasteiger partial charge in [-0.1, -0.05) is 0 Å². The number of esters is 1. The zero-order valence-electron chi connectivity index (χ0n) is 9.24. The van der Waals surface area contributed by atoms with E-state index in [4.69, 9.17) is 5.11 Å². The van der Waals surface area contributed by atoms with Gasteiger partial charge in [-0.25, -0.2) is 4.79 Å². The predicted molar refractivity (Wildman–Crippen MR) is 64.0 cm³/mol. The number of nitrogens with zero attached hydrogens (tertiary/aromatic N) is 2. The summed E-state index contributed by atoms with van der Waals surface area (Å²) < 4.78 is 4.37. The molecule has 1 saturated heterocycles. The van der Waals surface area contributed by atoms with Gasteiger partial charge in [-0.2, -0.15) is 5.10 Å². The summed E-state index contributed by atoms with van der Waals surface area (Å²) >= 11 is 0.851. The topological polar surface area (TPSA) is 117 Å². The lowest BCUT2D eigenvalue weighted by atomic mass is 10.5. The van der Waals surface area contributed by atoms with Gasteiger partial charge in [0.05, 0.1) is 18.4 Å². The number of thioether (sulfide) groups is 1. The lowest BCUT2D eigenvalue weighted by molar-refractivity contribution is -0.139. The molecule has 0 saturated carbocycles. The summed E-state index contributed by atoms with van der Waals surface area (Å²) in [6.45, 7) is 0. The van der Waals surface area contributed by atoms with Gasteiger partial charge in [0, 0.05) is 12.3 Å². The van der Waals surface area contributed by atoms with Crippen molar-refractivity contribution in [2.24, 2.45) is 10.2 Å². The first-order chi connectivity index (χ1) is 8.52. The fourth-order valence-electron chi connectivity index (χ4n) is 0.879. The summed E-state index contributed by atoms with van der Waals surface area (Å²) in [4.78, 5) is 32.4. The second-order valence-electron chi connectivity index (χ2n) is 2.89. The standard InChI is InChI=1S/C9H9N3O5S/c1-17-7(15)2-3-10-12-9-11-8(16)5(18-9)4-6(13)14/h3-4H,2H2,1H3,(H,13,14)(H,11,12,16)/b5-4-,10-3+.